The number of aliphatic carboxylic acids is 1. The molecule has 0 unspecified atom stereocenters. The zero-order chi connectivity index (χ0) is 15.7. The number of aromatic nitrogens is 2. The molecule has 0 amide bonds. The summed E-state index contributed by atoms with van der Waals surface area (Å²) in [6.45, 7) is 2.70. The molecule has 0 saturated carbocycles. The second-order valence-corrected chi connectivity index (χ2v) is 6.17. The summed E-state index contributed by atoms with van der Waals surface area (Å²) in [7, 11) is 0. The van der Waals surface area contributed by atoms with Gasteiger partial charge in [-0.1, -0.05) is 24.7 Å². The van der Waals surface area contributed by atoms with E-state index in [1.165, 1.54) is 0 Å². The highest BCUT2D eigenvalue weighted by atomic mass is 32.1. The smallest absolute Gasteiger partial charge is 0.445 e. The zero-order valence-electron chi connectivity index (χ0n) is 11.5. The quantitative estimate of drug-likeness (QED) is 0.922. The van der Waals surface area contributed by atoms with E-state index in [1.54, 1.807) is 4.90 Å². The maximum atomic E-state index is 12.5. The number of piperidine rings is 1. The number of hydrogen-bond donors (Lipinski definition) is 1. The van der Waals surface area contributed by atoms with Crippen LogP contribution in [0.2, 0.25) is 0 Å². The lowest BCUT2D eigenvalue weighted by molar-refractivity contribution is -0.151. The molecule has 0 aliphatic carbocycles. The van der Waals surface area contributed by atoms with Gasteiger partial charge in [0.2, 0.25) is 10.1 Å². The van der Waals surface area contributed by atoms with E-state index in [4.69, 9.17) is 0 Å². The number of nitrogens with zero attached hydrogens (tertiary/aromatic N) is 3. The summed E-state index contributed by atoms with van der Waals surface area (Å²) < 4.78 is 37.5. The van der Waals surface area contributed by atoms with E-state index in [-0.39, 0.29) is 5.13 Å². The molecule has 1 aromatic rings. The number of anilines is 1. The Hall–Kier alpha value is -1.38. The predicted molar refractivity (Wildman–Crippen MR) is 71.3 cm³/mol. The lowest BCUT2D eigenvalue weighted by Gasteiger charge is -2.38. The van der Waals surface area contributed by atoms with Crippen LogP contribution in [0.3, 0.4) is 0 Å². The summed E-state index contributed by atoms with van der Waals surface area (Å²) >= 11 is 0.500. The monoisotopic (exact) mass is 323 g/mol. The van der Waals surface area contributed by atoms with E-state index in [0.717, 1.165) is 6.42 Å². The highest BCUT2D eigenvalue weighted by molar-refractivity contribution is 7.15. The van der Waals surface area contributed by atoms with Crippen LogP contribution >= 0.6 is 11.3 Å². The van der Waals surface area contributed by atoms with Gasteiger partial charge in [0.1, 0.15) is 0 Å². The molecular formula is C12H16F3N3O2S. The van der Waals surface area contributed by atoms with Crippen molar-refractivity contribution in [1.29, 1.82) is 0 Å². The molecule has 9 heteroatoms. The van der Waals surface area contributed by atoms with Crippen molar-refractivity contribution in [2.75, 3.05) is 18.0 Å². The van der Waals surface area contributed by atoms with Crippen LogP contribution < -0.4 is 4.90 Å². The van der Waals surface area contributed by atoms with Gasteiger partial charge in [-0.05, 0) is 19.3 Å². The summed E-state index contributed by atoms with van der Waals surface area (Å²) in [4.78, 5) is 13.1. The van der Waals surface area contributed by atoms with Crippen molar-refractivity contribution in [2.24, 2.45) is 5.41 Å². The fraction of sp³-hybridized carbons (Fsp3) is 0.750. The first-order valence-electron chi connectivity index (χ1n) is 6.67. The molecule has 2 heterocycles. The Morgan fingerprint density at radius 3 is 2.43 bits per heavy atom. The number of halogens is 3. The van der Waals surface area contributed by atoms with Crippen molar-refractivity contribution in [2.45, 2.75) is 38.8 Å². The molecule has 1 saturated heterocycles. The molecule has 5 nitrogen and oxygen atoms in total. The Labute approximate surface area is 123 Å². The van der Waals surface area contributed by atoms with E-state index in [2.05, 4.69) is 10.2 Å². The second kappa shape index (κ2) is 5.78. The van der Waals surface area contributed by atoms with Crippen molar-refractivity contribution in [3.8, 4) is 0 Å². The third kappa shape index (κ3) is 3.28. The number of carboxylic acids is 1. The van der Waals surface area contributed by atoms with Crippen LogP contribution in [-0.2, 0) is 11.0 Å². The third-order valence-electron chi connectivity index (χ3n) is 3.83. The summed E-state index contributed by atoms with van der Waals surface area (Å²) in [6.07, 6.45) is -2.31. The highest BCUT2D eigenvalue weighted by Crippen LogP contribution is 2.40. The Morgan fingerprint density at radius 2 is 2.00 bits per heavy atom. The van der Waals surface area contributed by atoms with Crippen molar-refractivity contribution in [3.05, 3.63) is 5.01 Å². The number of rotatable bonds is 4. The molecule has 118 valence electrons. The number of carbonyl (C=O) groups is 1. The molecule has 1 N–H and O–H groups in total. The van der Waals surface area contributed by atoms with Crippen LogP contribution in [0.4, 0.5) is 18.3 Å². The number of alkyl halides is 3. The lowest BCUT2D eigenvalue weighted by atomic mass is 9.75. The first-order chi connectivity index (χ1) is 9.78. The Bertz CT molecular complexity index is 510. The average molecular weight is 323 g/mol. The molecule has 1 aliphatic heterocycles. The molecule has 0 spiro atoms. The van der Waals surface area contributed by atoms with Gasteiger partial charge in [-0.3, -0.25) is 4.79 Å². The molecule has 0 radical (unpaired) electrons. The fourth-order valence-corrected chi connectivity index (χ4v) is 3.40. The molecule has 0 atom stereocenters. The van der Waals surface area contributed by atoms with Gasteiger partial charge in [0.05, 0.1) is 5.41 Å². The van der Waals surface area contributed by atoms with E-state index in [9.17, 15) is 23.1 Å². The summed E-state index contributed by atoms with van der Waals surface area (Å²) in [6, 6.07) is 0. The molecule has 0 bridgehead atoms. The highest BCUT2D eigenvalue weighted by Gasteiger charge is 2.42. The van der Waals surface area contributed by atoms with Crippen molar-refractivity contribution >= 4 is 22.4 Å². The van der Waals surface area contributed by atoms with E-state index >= 15 is 0 Å². The topological polar surface area (TPSA) is 66.3 Å². The second-order valence-electron chi connectivity index (χ2n) is 5.21. The van der Waals surface area contributed by atoms with Gasteiger partial charge < -0.3 is 10.0 Å². The Balaban J connectivity index is 2.07. The van der Waals surface area contributed by atoms with Gasteiger partial charge in [0, 0.05) is 13.1 Å². The molecular weight excluding hydrogens is 307 g/mol. The van der Waals surface area contributed by atoms with E-state index < -0.39 is 22.6 Å². The molecule has 1 aromatic heterocycles. The minimum Gasteiger partial charge on any atom is -0.481 e. The van der Waals surface area contributed by atoms with Crippen LogP contribution in [0.1, 0.15) is 37.6 Å². The van der Waals surface area contributed by atoms with Crippen LogP contribution in [0.25, 0.3) is 0 Å². The molecule has 0 aromatic carbocycles. The van der Waals surface area contributed by atoms with Gasteiger partial charge in [-0.2, -0.15) is 13.2 Å². The predicted octanol–water partition coefficient (Wildman–Crippen LogP) is 3.03. The summed E-state index contributed by atoms with van der Waals surface area (Å²) in [5, 5.41) is 15.4. The average Bonchev–Trinajstić information content (AvgIpc) is 2.89. The van der Waals surface area contributed by atoms with Gasteiger partial charge in [0.25, 0.3) is 0 Å². The van der Waals surface area contributed by atoms with Gasteiger partial charge >= 0.3 is 12.1 Å². The number of carboxylic acid groups (broad SMARTS) is 1. The van der Waals surface area contributed by atoms with Crippen molar-refractivity contribution < 1.29 is 23.1 Å². The van der Waals surface area contributed by atoms with Crippen LogP contribution in [0.15, 0.2) is 0 Å². The van der Waals surface area contributed by atoms with Gasteiger partial charge in [0.15, 0.2) is 0 Å². The van der Waals surface area contributed by atoms with Crippen LogP contribution in [-0.4, -0.2) is 34.4 Å². The number of hydrogen-bond acceptors (Lipinski definition) is 5. The Morgan fingerprint density at radius 1 is 1.38 bits per heavy atom. The Kier molecular flexibility index (Phi) is 4.40. The maximum absolute atomic E-state index is 12.5. The SMILES string of the molecule is CCCC1(C(=O)O)CCN(c2nnc(C(F)(F)F)s2)CC1. The maximum Gasteiger partial charge on any atom is 0.445 e. The summed E-state index contributed by atoms with van der Waals surface area (Å²) in [5.74, 6) is -0.822. The van der Waals surface area contributed by atoms with Crippen molar-refractivity contribution in [1.82, 2.24) is 10.2 Å². The van der Waals surface area contributed by atoms with Gasteiger partial charge in [-0.15, -0.1) is 10.2 Å². The lowest BCUT2D eigenvalue weighted by Crippen LogP contribution is -2.44. The first-order valence-corrected chi connectivity index (χ1v) is 7.49. The normalized spacial score (nSPS) is 18.8. The fourth-order valence-electron chi connectivity index (χ4n) is 2.63. The zero-order valence-corrected chi connectivity index (χ0v) is 12.3. The molecule has 21 heavy (non-hydrogen) atoms. The van der Waals surface area contributed by atoms with Crippen LogP contribution in [0.5, 0.6) is 0 Å². The minimum absolute atomic E-state index is 0.206. The molecule has 2 rings (SSSR count). The van der Waals surface area contributed by atoms with E-state index in [0.29, 0.717) is 43.7 Å². The van der Waals surface area contributed by atoms with E-state index in [1.807, 2.05) is 6.92 Å². The molecule has 1 aliphatic rings. The largest absolute Gasteiger partial charge is 0.481 e. The van der Waals surface area contributed by atoms with Crippen LogP contribution in [0, 0.1) is 5.41 Å². The standard InChI is InChI=1S/C12H16F3N3O2S/c1-2-3-11(9(19)20)4-6-18(7-5-11)10-17-16-8(21-10)12(13,14)15/h2-7H2,1H3,(H,19,20). The molecule has 1 fully saturated rings. The minimum atomic E-state index is -4.49. The summed E-state index contributed by atoms with van der Waals surface area (Å²) in [5.41, 5.74) is -0.761. The van der Waals surface area contributed by atoms with Gasteiger partial charge in [-0.25, -0.2) is 0 Å². The third-order valence-corrected chi connectivity index (χ3v) is 4.86. The first kappa shape index (κ1) is 16.0. The van der Waals surface area contributed by atoms with Crippen molar-refractivity contribution in [3.63, 3.8) is 0 Å².